The maximum absolute atomic E-state index is 12.4. The van der Waals surface area contributed by atoms with Crippen LogP contribution in [0.1, 0.15) is 25.1 Å². The van der Waals surface area contributed by atoms with Crippen molar-refractivity contribution in [2.24, 2.45) is 5.92 Å². The summed E-state index contributed by atoms with van der Waals surface area (Å²) in [6, 6.07) is 0. The zero-order valence-corrected chi connectivity index (χ0v) is 10.5. The van der Waals surface area contributed by atoms with Gasteiger partial charge in [-0.1, -0.05) is 0 Å². The lowest BCUT2D eigenvalue weighted by molar-refractivity contribution is -0.144. The molecule has 0 aromatic carbocycles. The van der Waals surface area contributed by atoms with E-state index in [1.165, 1.54) is 0 Å². The average molecular weight is 281 g/mol. The Bertz CT molecular complexity index is 394. The van der Waals surface area contributed by atoms with Crippen LogP contribution in [0.5, 0.6) is 0 Å². The number of anilines is 1. The first-order valence-electron chi connectivity index (χ1n) is 5.77. The highest BCUT2D eigenvalue weighted by molar-refractivity contribution is 7.09. The number of hydrogen-bond donors (Lipinski definition) is 1. The van der Waals surface area contributed by atoms with Crippen molar-refractivity contribution < 1.29 is 18.3 Å². The van der Waals surface area contributed by atoms with Crippen molar-refractivity contribution >= 4 is 16.7 Å². The Morgan fingerprint density at radius 3 is 2.83 bits per heavy atom. The quantitative estimate of drug-likeness (QED) is 0.922. The van der Waals surface area contributed by atoms with E-state index in [-0.39, 0.29) is 6.61 Å². The van der Waals surface area contributed by atoms with E-state index in [4.69, 9.17) is 5.11 Å². The number of aliphatic hydroxyl groups excluding tert-OH is 1. The Hall–Kier alpha value is -0.890. The molecule has 0 aliphatic carbocycles. The number of rotatable bonds is 3. The Kier molecular flexibility index (Phi) is 4.06. The van der Waals surface area contributed by atoms with E-state index in [0.29, 0.717) is 30.6 Å². The van der Waals surface area contributed by atoms with E-state index < -0.39 is 12.0 Å². The molecule has 1 unspecified atom stereocenters. The minimum Gasteiger partial charge on any atom is -0.396 e. The van der Waals surface area contributed by atoms with Gasteiger partial charge in [-0.15, -0.1) is 0 Å². The molecule has 1 aromatic heterocycles. The number of hydrogen-bond acceptors (Lipinski definition) is 5. The smallest absolute Gasteiger partial charge is 0.396 e. The van der Waals surface area contributed by atoms with Crippen molar-refractivity contribution in [2.45, 2.75) is 25.4 Å². The molecule has 1 aliphatic heterocycles. The number of piperidine rings is 1. The third-order valence-electron chi connectivity index (χ3n) is 3.00. The summed E-state index contributed by atoms with van der Waals surface area (Å²) in [6.45, 7) is 1.46. The number of aromatic nitrogens is 2. The van der Waals surface area contributed by atoms with Crippen molar-refractivity contribution in [2.75, 3.05) is 24.6 Å². The Balaban J connectivity index is 2.05. The molecule has 1 saturated heterocycles. The zero-order chi connectivity index (χ0) is 13.2. The van der Waals surface area contributed by atoms with Crippen LogP contribution in [0.4, 0.5) is 18.3 Å². The van der Waals surface area contributed by atoms with Crippen LogP contribution in [0.3, 0.4) is 0 Å². The molecular formula is C10H14F3N3OS. The molecule has 2 rings (SSSR count). The summed E-state index contributed by atoms with van der Waals surface area (Å²) in [5, 5.41) is 9.22. The van der Waals surface area contributed by atoms with E-state index in [0.717, 1.165) is 24.4 Å². The topological polar surface area (TPSA) is 49.2 Å². The lowest BCUT2D eigenvalue weighted by Gasteiger charge is -2.31. The first-order chi connectivity index (χ1) is 8.50. The lowest BCUT2D eigenvalue weighted by Crippen LogP contribution is -2.35. The summed E-state index contributed by atoms with van der Waals surface area (Å²) in [4.78, 5) is 5.38. The molecule has 102 valence electrons. The standard InChI is InChI=1S/C10H14F3N3OS/c11-10(12,13)8-14-9(18-15-8)16-4-1-2-7(6-16)3-5-17/h7,17H,1-6H2. The molecule has 0 amide bonds. The number of aliphatic hydroxyl groups is 1. The Morgan fingerprint density at radius 2 is 2.22 bits per heavy atom. The van der Waals surface area contributed by atoms with Gasteiger partial charge in [0.15, 0.2) is 0 Å². The molecule has 0 spiro atoms. The zero-order valence-electron chi connectivity index (χ0n) is 9.65. The maximum Gasteiger partial charge on any atom is 0.452 e. The third kappa shape index (κ3) is 3.11. The molecule has 1 aromatic rings. The number of nitrogens with zero attached hydrogens (tertiary/aromatic N) is 3. The molecular weight excluding hydrogens is 267 g/mol. The highest BCUT2D eigenvalue weighted by Crippen LogP contribution is 2.32. The fourth-order valence-corrected chi connectivity index (χ4v) is 2.84. The van der Waals surface area contributed by atoms with E-state index in [2.05, 4.69) is 9.36 Å². The summed E-state index contributed by atoms with van der Waals surface area (Å²) < 4.78 is 40.5. The van der Waals surface area contributed by atoms with Gasteiger partial charge >= 0.3 is 6.18 Å². The summed E-state index contributed by atoms with van der Waals surface area (Å²) in [6.07, 6.45) is -1.88. The molecule has 0 bridgehead atoms. The first-order valence-corrected chi connectivity index (χ1v) is 6.54. The van der Waals surface area contributed by atoms with Crippen LogP contribution in [0.2, 0.25) is 0 Å². The molecule has 0 radical (unpaired) electrons. The summed E-state index contributed by atoms with van der Waals surface area (Å²) in [5.41, 5.74) is 0. The van der Waals surface area contributed by atoms with Crippen molar-refractivity contribution in [3.05, 3.63) is 5.82 Å². The number of alkyl halides is 3. The van der Waals surface area contributed by atoms with Gasteiger partial charge in [0, 0.05) is 31.2 Å². The summed E-state index contributed by atoms with van der Waals surface area (Å²) in [7, 11) is 0. The molecule has 18 heavy (non-hydrogen) atoms. The van der Waals surface area contributed by atoms with Crippen LogP contribution in [0.25, 0.3) is 0 Å². The number of halogens is 3. The van der Waals surface area contributed by atoms with Gasteiger partial charge in [0.2, 0.25) is 11.0 Å². The molecule has 2 heterocycles. The molecule has 1 aliphatic rings. The first kappa shape index (κ1) is 13.5. The molecule has 8 heteroatoms. The Labute approximate surface area is 107 Å². The van der Waals surface area contributed by atoms with Crippen LogP contribution in [0, 0.1) is 5.92 Å². The van der Waals surface area contributed by atoms with E-state index in [1.54, 1.807) is 0 Å². The minimum atomic E-state index is -4.48. The Morgan fingerprint density at radius 1 is 1.44 bits per heavy atom. The van der Waals surface area contributed by atoms with Crippen molar-refractivity contribution in [1.29, 1.82) is 0 Å². The highest BCUT2D eigenvalue weighted by Gasteiger charge is 2.37. The van der Waals surface area contributed by atoms with Gasteiger partial charge < -0.3 is 10.0 Å². The second-order valence-corrected chi connectivity index (χ2v) is 5.10. The normalized spacial score (nSPS) is 21.3. The van der Waals surface area contributed by atoms with E-state index in [9.17, 15) is 13.2 Å². The largest absolute Gasteiger partial charge is 0.452 e. The fourth-order valence-electron chi connectivity index (χ4n) is 2.12. The van der Waals surface area contributed by atoms with Gasteiger partial charge in [0.25, 0.3) is 0 Å². The van der Waals surface area contributed by atoms with Gasteiger partial charge in [-0.2, -0.15) is 22.5 Å². The van der Waals surface area contributed by atoms with Gasteiger partial charge in [0.1, 0.15) is 0 Å². The van der Waals surface area contributed by atoms with Crippen LogP contribution >= 0.6 is 11.5 Å². The van der Waals surface area contributed by atoms with Crippen LogP contribution < -0.4 is 4.90 Å². The predicted octanol–water partition coefficient (Wildman–Crippen LogP) is 2.16. The van der Waals surface area contributed by atoms with Crippen LogP contribution in [-0.4, -0.2) is 34.2 Å². The molecule has 4 nitrogen and oxygen atoms in total. The molecule has 1 atom stereocenters. The van der Waals surface area contributed by atoms with Crippen molar-refractivity contribution in [1.82, 2.24) is 9.36 Å². The fraction of sp³-hybridized carbons (Fsp3) is 0.800. The predicted molar refractivity (Wildman–Crippen MR) is 61.6 cm³/mol. The SMILES string of the molecule is OCCC1CCCN(c2nc(C(F)(F)F)ns2)C1. The minimum absolute atomic E-state index is 0.114. The van der Waals surface area contributed by atoms with Gasteiger partial charge in [-0.3, -0.25) is 0 Å². The third-order valence-corrected chi connectivity index (χ3v) is 3.77. The molecule has 1 N–H and O–H groups in total. The second kappa shape index (κ2) is 5.40. The molecule has 1 fully saturated rings. The summed E-state index contributed by atoms with van der Waals surface area (Å²) >= 11 is 0.785. The average Bonchev–Trinajstić information content (AvgIpc) is 2.78. The van der Waals surface area contributed by atoms with Gasteiger partial charge in [-0.05, 0) is 25.2 Å². The van der Waals surface area contributed by atoms with E-state index in [1.807, 2.05) is 4.90 Å². The molecule has 0 saturated carbocycles. The van der Waals surface area contributed by atoms with Crippen molar-refractivity contribution in [3.63, 3.8) is 0 Å². The second-order valence-electron chi connectivity index (χ2n) is 4.36. The van der Waals surface area contributed by atoms with E-state index >= 15 is 0 Å². The van der Waals surface area contributed by atoms with Gasteiger partial charge in [-0.25, -0.2) is 0 Å². The van der Waals surface area contributed by atoms with Crippen LogP contribution in [0.15, 0.2) is 0 Å². The lowest BCUT2D eigenvalue weighted by atomic mass is 9.95. The summed E-state index contributed by atoms with van der Waals surface area (Å²) in [5.74, 6) is -0.742. The van der Waals surface area contributed by atoms with Crippen molar-refractivity contribution in [3.8, 4) is 0 Å². The van der Waals surface area contributed by atoms with Crippen LogP contribution in [-0.2, 0) is 6.18 Å². The van der Waals surface area contributed by atoms with Gasteiger partial charge in [0.05, 0.1) is 0 Å². The monoisotopic (exact) mass is 281 g/mol. The maximum atomic E-state index is 12.4. The highest BCUT2D eigenvalue weighted by atomic mass is 32.1.